The molecule has 7 rings (SSSR count). The predicted octanol–water partition coefficient (Wildman–Crippen LogP) is 8.02. The smallest absolute Gasteiger partial charge is 0.240 e. The molecule has 2 amide bonds. The molecular weight excluding hydrogens is 878 g/mol. The summed E-state index contributed by atoms with van der Waals surface area (Å²) >= 11 is 7.69. The Morgan fingerprint density at radius 2 is 1.85 bits per heavy atom. The first-order valence-corrected chi connectivity index (χ1v) is 21.9. The number of fused-ring (bicyclic) bond motifs is 1. The molecule has 60 heavy (non-hydrogen) atoms. The number of allylic oxidation sites excluding steroid dienone is 1. The van der Waals surface area contributed by atoms with Gasteiger partial charge < -0.3 is 19.1 Å². The Hall–Kier alpha value is -4.02. The van der Waals surface area contributed by atoms with Crippen molar-refractivity contribution in [3.8, 4) is 28.6 Å². The highest BCUT2D eigenvalue weighted by Crippen LogP contribution is 2.57. The fraction of sp³-hybridized carbons (Fsp3) is 0.452. The van der Waals surface area contributed by atoms with Crippen molar-refractivity contribution in [1.29, 1.82) is 0 Å². The monoisotopic (exact) mass is 924 g/mol. The maximum atomic E-state index is 15.0. The second-order valence-corrected chi connectivity index (χ2v) is 19.8. The first-order chi connectivity index (χ1) is 27.5. The van der Waals surface area contributed by atoms with Crippen LogP contribution in [-0.4, -0.2) is 79.0 Å². The van der Waals surface area contributed by atoms with Crippen LogP contribution in [-0.2, 0) is 30.8 Å². The number of halogens is 4. The number of benzene rings is 2. The molecule has 2 aromatic heterocycles. The summed E-state index contributed by atoms with van der Waals surface area (Å²) in [5.41, 5.74) is -1.20. The van der Waals surface area contributed by atoms with Crippen molar-refractivity contribution in [2.45, 2.75) is 76.7 Å². The zero-order valence-electron chi connectivity index (χ0n) is 33.7. The maximum Gasteiger partial charge on any atom is 0.240 e. The highest BCUT2D eigenvalue weighted by molar-refractivity contribution is 7.90. The van der Waals surface area contributed by atoms with Gasteiger partial charge in [0.2, 0.25) is 27.7 Å². The topological polar surface area (TPSA) is 154 Å². The summed E-state index contributed by atoms with van der Waals surface area (Å²) in [6.07, 6.45) is 3.61. The lowest BCUT2D eigenvalue weighted by Crippen LogP contribution is -2.48. The molecule has 2 aromatic carbocycles. The predicted molar refractivity (Wildman–Crippen MR) is 233 cm³/mol. The summed E-state index contributed by atoms with van der Waals surface area (Å²) in [6.45, 7) is 9.66. The lowest BCUT2D eigenvalue weighted by atomic mass is 9.77. The number of Topliss-reactive ketones (excluding diaryl/α,β-unsaturated/α-hetero) is 1. The molecule has 0 radical (unpaired) electrons. The Bertz CT molecular complexity index is 2410. The van der Waals surface area contributed by atoms with Gasteiger partial charge in [-0.25, -0.2) is 22.8 Å². The molecule has 2 saturated carbocycles. The average molecular weight is 926 g/mol. The van der Waals surface area contributed by atoms with Crippen LogP contribution in [0.2, 0.25) is 5.02 Å². The molecule has 0 unspecified atom stereocenters. The molecule has 3 aliphatic rings. The Balaban J connectivity index is 0.00000341. The van der Waals surface area contributed by atoms with Gasteiger partial charge in [-0.15, -0.1) is 42.7 Å². The van der Waals surface area contributed by atoms with Crippen LogP contribution in [0.4, 0.5) is 4.39 Å². The number of thiazole rings is 1. The van der Waals surface area contributed by atoms with Gasteiger partial charge in [-0.1, -0.05) is 38.4 Å². The van der Waals surface area contributed by atoms with Gasteiger partial charge in [0.1, 0.15) is 23.4 Å². The summed E-state index contributed by atoms with van der Waals surface area (Å²) in [6, 6.07) is 8.76. The van der Waals surface area contributed by atoms with Crippen LogP contribution in [0.25, 0.3) is 22.0 Å². The first-order valence-electron chi connectivity index (χ1n) is 19.1. The van der Waals surface area contributed by atoms with E-state index < -0.39 is 67.6 Å². The van der Waals surface area contributed by atoms with Crippen LogP contribution in [0, 0.1) is 28.5 Å². The molecule has 5 atom stereocenters. The van der Waals surface area contributed by atoms with Crippen LogP contribution < -0.4 is 18.9 Å². The second-order valence-electron chi connectivity index (χ2n) is 16.4. The molecule has 3 fully saturated rings. The minimum Gasteiger partial charge on any atom is -0.497 e. The lowest BCUT2D eigenvalue weighted by Gasteiger charge is -2.35. The van der Waals surface area contributed by atoms with Crippen molar-refractivity contribution in [1.82, 2.24) is 19.6 Å². The molecular formula is C42H48Cl3FN4O8S2. The zero-order chi connectivity index (χ0) is 41.7. The zero-order valence-corrected chi connectivity index (χ0v) is 37.8. The Labute approximate surface area is 370 Å². The van der Waals surface area contributed by atoms with Crippen molar-refractivity contribution in [2.75, 3.05) is 20.8 Å². The third-order valence-electron chi connectivity index (χ3n) is 11.5. The number of ether oxygens (including phenoxy) is 3. The first kappa shape index (κ1) is 47.0. The van der Waals surface area contributed by atoms with Crippen LogP contribution in [0.5, 0.6) is 17.4 Å². The highest BCUT2D eigenvalue weighted by atomic mass is 35.5. The quantitative estimate of drug-likeness (QED) is 0.116. The molecule has 18 heteroatoms. The number of sulfonamides is 1. The molecule has 4 aromatic rings. The number of carbonyl (C=O) groups excluding carboxylic acids is 3. The molecule has 0 spiro atoms. The fourth-order valence-electron chi connectivity index (χ4n) is 7.82. The molecule has 1 saturated heterocycles. The summed E-state index contributed by atoms with van der Waals surface area (Å²) in [7, 11) is -0.885. The fourth-order valence-corrected chi connectivity index (χ4v) is 10.2. The number of amides is 2. The Morgan fingerprint density at radius 1 is 1.12 bits per heavy atom. The SMILES string of the molecule is C=C[C@@H]1C[C@]1(CC(=O)[C@@H]1C[C@@H](Oc2ncc(OC)c3ccc(Cl)cc23)CN1C(=O)[C@@H](Cc1nc(-c2ccc(OC)cc2F)cs1)C(C)(C)C)C(=O)NS(=O)(=O)C1CC1.Cl.Cl. The lowest BCUT2D eigenvalue weighted by molar-refractivity contribution is -0.144. The number of rotatable bonds is 15. The summed E-state index contributed by atoms with van der Waals surface area (Å²) in [5, 5.41) is 3.47. The number of likely N-dealkylation sites (tertiary alicyclic amines) is 1. The average Bonchev–Trinajstić information content (AvgIpc) is 4.07. The van der Waals surface area contributed by atoms with Crippen molar-refractivity contribution >= 4 is 86.1 Å². The van der Waals surface area contributed by atoms with E-state index in [0.717, 1.165) is 0 Å². The van der Waals surface area contributed by atoms with Gasteiger partial charge in [0.25, 0.3) is 0 Å². The number of nitrogens with one attached hydrogen (secondary N) is 1. The molecule has 1 aliphatic heterocycles. The van der Waals surface area contributed by atoms with Gasteiger partial charge >= 0.3 is 0 Å². The van der Waals surface area contributed by atoms with Crippen molar-refractivity contribution in [3.05, 3.63) is 76.5 Å². The van der Waals surface area contributed by atoms with E-state index in [2.05, 4.69) is 16.3 Å². The van der Waals surface area contributed by atoms with Crippen molar-refractivity contribution < 1.29 is 41.4 Å². The molecule has 2 aliphatic carbocycles. The normalized spacial score (nSPS) is 21.6. The number of aromatic nitrogens is 2. The maximum absolute atomic E-state index is 15.0. The van der Waals surface area contributed by atoms with Gasteiger partial charge in [-0.3, -0.25) is 19.1 Å². The Kier molecular flexibility index (Phi) is 14.2. The highest BCUT2D eigenvalue weighted by Gasteiger charge is 2.61. The van der Waals surface area contributed by atoms with Gasteiger partial charge in [0.05, 0.1) is 54.4 Å². The largest absolute Gasteiger partial charge is 0.497 e. The van der Waals surface area contributed by atoms with E-state index in [-0.39, 0.29) is 68.8 Å². The molecule has 1 N–H and O–H groups in total. The van der Waals surface area contributed by atoms with Gasteiger partial charge in [0, 0.05) is 58.0 Å². The van der Waals surface area contributed by atoms with E-state index in [0.29, 0.717) is 56.4 Å². The number of ketones is 1. The molecule has 0 bridgehead atoms. The summed E-state index contributed by atoms with van der Waals surface area (Å²) < 4.78 is 60.0. The van der Waals surface area contributed by atoms with E-state index in [9.17, 15) is 22.8 Å². The number of nitrogens with zero attached hydrogens (tertiary/aromatic N) is 3. The summed E-state index contributed by atoms with van der Waals surface area (Å²) in [5.74, 6) is -1.89. The van der Waals surface area contributed by atoms with Crippen LogP contribution in [0.1, 0.15) is 57.9 Å². The number of carbonyl (C=O) groups is 3. The van der Waals surface area contributed by atoms with Crippen molar-refractivity contribution in [3.63, 3.8) is 0 Å². The number of pyridine rings is 1. The van der Waals surface area contributed by atoms with E-state index in [1.807, 2.05) is 20.8 Å². The van der Waals surface area contributed by atoms with Crippen LogP contribution in [0.3, 0.4) is 0 Å². The third-order valence-corrected chi connectivity index (χ3v) is 14.4. The summed E-state index contributed by atoms with van der Waals surface area (Å²) in [4.78, 5) is 53.9. The van der Waals surface area contributed by atoms with Gasteiger partial charge in [-0.05, 0) is 60.9 Å². The molecule has 12 nitrogen and oxygen atoms in total. The van der Waals surface area contributed by atoms with Gasteiger partial charge in [-0.2, -0.15) is 0 Å². The molecule has 324 valence electrons. The standard InChI is InChI=1S/C42H46ClFN4O8S2.2ClH/c1-7-23-18-42(23,40(51)47-58(52,53)27-10-11-27)19-35(49)34-16-26(56-38-30-14-24(43)8-12-28(30)36(55-6)20-45-38)21-48(34)39(50)31(41(2,3)4)17-37-46-33(22-57-37)29-13-9-25(54-5)15-32(29)44;;/h7-9,12-15,20,22-23,26-27,31,34H,1,10-11,16-19,21H2,2-6H3,(H,47,51);2*1H/t23-,26-,31-,34+,42-;;/m1../s1. The van der Waals surface area contributed by atoms with Gasteiger partial charge in [0.15, 0.2) is 5.78 Å². The Morgan fingerprint density at radius 3 is 2.47 bits per heavy atom. The number of hydrogen-bond acceptors (Lipinski definition) is 11. The van der Waals surface area contributed by atoms with Crippen molar-refractivity contribution in [2.24, 2.45) is 22.7 Å². The number of methoxy groups -OCH3 is 2. The number of hydrogen-bond donors (Lipinski definition) is 1. The van der Waals surface area contributed by atoms with E-state index in [1.54, 1.807) is 41.8 Å². The molecule has 3 heterocycles. The minimum absolute atomic E-state index is 0. The third kappa shape index (κ3) is 9.55. The van der Waals surface area contributed by atoms with Crippen LogP contribution in [0.15, 0.2) is 60.6 Å². The van der Waals surface area contributed by atoms with E-state index in [4.69, 9.17) is 30.8 Å². The minimum atomic E-state index is -3.88. The van der Waals surface area contributed by atoms with E-state index in [1.165, 1.54) is 42.7 Å². The van der Waals surface area contributed by atoms with E-state index >= 15 is 4.39 Å². The second kappa shape index (κ2) is 18.1. The van der Waals surface area contributed by atoms with Crippen LogP contribution >= 0.6 is 47.8 Å².